The summed E-state index contributed by atoms with van der Waals surface area (Å²) in [6.45, 7) is 8.54. The number of pyridine rings is 1. The molecule has 4 nitrogen and oxygen atoms in total. The van der Waals surface area contributed by atoms with Crippen molar-refractivity contribution in [1.82, 2.24) is 4.98 Å². The molecule has 1 atom stereocenters. The minimum atomic E-state index is 0.272. The Morgan fingerprint density at radius 3 is 2.89 bits per heavy atom. The SMILES string of the molecule is CCN(CC1CCCO1)c1nc(C)cc(C)c1C#N. The van der Waals surface area contributed by atoms with Crippen LogP contribution >= 0.6 is 0 Å². The quantitative estimate of drug-likeness (QED) is 0.834. The predicted molar refractivity (Wildman–Crippen MR) is 75.3 cm³/mol. The van der Waals surface area contributed by atoms with Crippen LogP contribution < -0.4 is 4.90 Å². The molecule has 0 aliphatic carbocycles. The second-order valence-electron chi connectivity index (χ2n) is 5.06. The Bertz CT molecular complexity index is 487. The van der Waals surface area contributed by atoms with E-state index in [0.29, 0.717) is 5.56 Å². The summed E-state index contributed by atoms with van der Waals surface area (Å²) in [5.41, 5.74) is 2.64. The highest BCUT2D eigenvalue weighted by Crippen LogP contribution is 2.23. The average molecular weight is 259 g/mol. The summed E-state index contributed by atoms with van der Waals surface area (Å²) < 4.78 is 5.69. The molecule has 1 aliphatic rings. The lowest BCUT2D eigenvalue weighted by molar-refractivity contribution is 0.115. The average Bonchev–Trinajstić information content (AvgIpc) is 2.88. The zero-order chi connectivity index (χ0) is 13.8. The van der Waals surface area contributed by atoms with Gasteiger partial charge in [-0.25, -0.2) is 4.98 Å². The third-order valence-electron chi connectivity index (χ3n) is 3.57. The molecule has 102 valence electrons. The van der Waals surface area contributed by atoms with Crippen molar-refractivity contribution in [1.29, 1.82) is 5.26 Å². The fourth-order valence-electron chi connectivity index (χ4n) is 2.58. The standard InChI is InChI=1S/C15H21N3O/c1-4-18(10-13-6-5-7-19-13)15-14(9-16)11(2)8-12(3)17-15/h8,13H,4-7,10H2,1-3H3. The molecule has 1 fully saturated rings. The van der Waals surface area contributed by atoms with E-state index in [-0.39, 0.29) is 6.10 Å². The highest BCUT2D eigenvalue weighted by molar-refractivity contribution is 5.58. The number of nitriles is 1. The zero-order valence-electron chi connectivity index (χ0n) is 11.9. The molecule has 0 radical (unpaired) electrons. The number of likely N-dealkylation sites (N-methyl/N-ethyl adjacent to an activating group) is 1. The maximum Gasteiger partial charge on any atom is 0.147 e. The minimum absolute atomic E-state index is 0.272. The van der Waals surface area contributed by atoms with E-state index in [1.807, 2.05) is 19.9 Å². The Morgan fingerprint density at radius 1 is 1.53 bits per heavy atom. The maximum absolute atomic E-state index is 9.35. The highest BCUT2D eigenvalue weighted by atomic mass is 16.5. The normalized spacial score (nSPS) is 18.3. The molecule has 1 saturated heterocycles. The molecule has 2 rings (SSSR count). The van der Waals surface area contributed by atoms with E-state index in [4.69, 9.17) is 4.74 Å². The number of rotatable bonds is 4. The Hall–Kier alpha value is -1.60. The van der Waals surface area contributed by atoms with Crippen LogP contribution in [0.1, 0.15) is 36.6 Å². The van der Waals surface area contributed by atoms with Gasteiger partial charge in [-0.3, -0.25) is 0 Å². The lowest BCUT2D eigenvalue weighted by Gasteiger charge is -2.26. The van der Waals surface area contributed by atoms with Gasteiger partial charge in [0, 0.05) is 25.4 Å². The number of hydrogen-bond acceptors (Lipinski definition) is 4. The summed E-state index contributed by atoms with van der Waals surface area (Å²) >= 11 is 0. The molecular formula is C15H21N3O. The Morgan fingerprint density at radius 2 is 2.32 bits per heavy atom. The molecule has 19 heavy (non-hydrogen) atoms. The smallest absolute Gasteiger partial charge is 0.147 e. The topological polar surface area (TPSA) is 49.1 Å². The Kier molecular flexibility index (Phi) is 4.39. The van der Waals surface area contributed by atoms with Gasteiger partial charge < -0.3 is 9.64 Å². The summed E-state index contributed by atoms with van der Waals surface area (Å²) in [5.74, 6) is 0.804. The summed E-state index contributed by atoms with van der Waals surface area (Å²) in [4.78, 5) is 6.73. The van der Waals surface area contributed by atoms with Crippen molar-refractivity contribution in [2.24, 2.45) is 0 Å². The number of aromatic nitrogens is 1. The van der Waals surface area contributed by atoms with Gasteiger partial charge in [0.2, 0.25) is 0 Å². The summed E-state index contributed by atoms with van der Waals surface area (Å²) in [5, 5.41) is 9.35. The van der Waals surface area contributed by atoms with Crippen molar-refractivity contribution in [2.45, 2.75) is 39.7 Å². The molecule has 1 aromatic rings. The molecule has 0 amide bonds. The predicted octanol–water partition coefficient (Wildman–Crippen LogP) is 2.58. The van der Waals surface area contributed by atoms with Gasteiger partial charge in [-0.15, -0.1) is 0 Å². The van der Waals surface area contributed by atoms with Crippen molar-refractivity contribution in [3.8, 4) is 6.07 Å². The zero-order valence-corrected chi connectivity index (χ0v) is 11.9. The first-order valence-electron chi connectivity index (χ1n) is 6.90. The lowest BCUT2D eigenvalue weighted by atomic mass is 10.1. The number of nitrogens with zero attached hydrogens (tertiary/aromatic N) is 3. The molecule has 0 N–H and O–H groups in total. The summed E-state index contributed by atoms with van der Waals surface area (Å²) in [6.07, 6.45) is 2.51. The molecule has 0 bridgehead atoms. The van der Waals surface area contributed by atoms with E-state index in [2.05, 4.69) is 22.9 Å². The Labute approximate surface area is 115 Å². The van der Waals surface area contributed by atoms with Crippen LogP contribution in [-0.2, 0) is 4.74 Å². The van der Waals surface area contributed by atoms with Crippen molar-refractivity contribution in [3.63, 3.8) is 0 Å². The van der Waals surface area contributed by atoms with E-state index in [1.54, 1.807) is 0 Å². The van der Waals surface area contributed by atoms with E-state index in [0.717, 1.165) is 49.6 Å². The highest BCUT2D eigenvalue weighted by Gasteiger charge is 2.21. The van der Waals surface area contributed by atoms with Gasteiger partial charge in [0.25, 0.3) is 0 Å². The second-order valence-corrected chi connectivity index (χ2v) is 5.06. The number of anilines is 1. The van der Waals surface area contributed by atoms with Crippen LogP contribution in [0.4, 0.5) is 5.82 Å². The van der Waals surface area contributed by atoms with Crippen molar-refractivity contribution >= 4 is 5.82 Å². The summed E-state index contributed by atoms with van der Waals surface area (Å²) in [7, 11) is 0. The van der Waals surface area contributed by atoms with Crippen LogP contribution in [-0.4, -0.2) is 30.8 Å². The molecule has 2 heterocycles. The first kappa shape index (κ1) is 13.8. The van der Waals surface area contributed by atoms with Gasteiger partial charge >= 0.3 is 0 Å². The van der Waals surface area contributed by atoms with Gasteiger partial charge in [-0.2, -0.15) is 5.26 Å². The van der Waals surface area contributed by atoms with Gasteiger partial charge in [-0.1, -0.05) is 0 Å². The molecular weight excluding hydrogens is 238 g/mol. The molecule has 0 spiro atoms. The van der Waals surface area contributed by atoms with Crippen molar-refractivity contribution < 1.29 is 4.74 Å². The van der Waals surface area contributed by atoms with Crippen LogP contribution in [0.5, 0.6) is 0 Å². The van der Waals surface area contributed by atoms with Gasteiger partial charge in [0.1, 0.15) is 11.9 Å². The molecule has 1 aromatic heterocycles. The molecule has 1 aliphatic heterocycles. The largest absolute Gasteiger partial charge is 0.376 e. The van der Waals surface area contributed by atoms with E-state index in [9.17, 15) is 5.26 Å². The van der Waals surface area contributed by atoms with E-state index in [1.165, 1.54) is 0 Å². The molecule has 0 saturated carbocycles. The fourth-order valence-corrected chi connectivity index (χ4v) is 2.58. The first-order chi connectivity index (χ1) is 9.15. The molecule has 1 unspecified atom stereocenters. The van der Waals surface area contributed by atoms with E-state index < -0.39 is 0 Å². The lowest BCUT2D eigenvalue weighted by Crippen LogP contribution is -2.33. The van der Waals surface area contributed by atoms with Crippen LogP contribution in [0.25, 0.3) is 0 Å². The fraction of sp³-hybridized carbons (Fsp3) is 0.600. The minimum Gasteiger partial charge on any atom is -0.376 e. The number of aryl methyl sites for hydroxylation is 2. The van der Waals surface area contributed by atoms with Crippen LogP contribution in [0, 0.1) is 25.2 Å². The number of hydrogen-bond donors (Lipinski definition) is 0. The third-order valence-corrected chi connectivity index (χ3v) is 3.57. The number of ether oxygens (including phenoxy) is 1. The van der Waals surface area contributed by atoms with E-state index >= 15 is 0 Å². The second kappa shape index (κ2) is 6.03. The van der Waals surface area contributed by atoms with Crippen molar-refractivity contribution in [2.75, 3.05) is 24.6 Å². The van der Waals surface area contributed by atoms with Gasteiger partial charge in [0.15, 0.2) is 0 Å². The van der Waals surface area contributed by atoms with Crippen molar-refractivity contribution in [3.05, 3.63) is 22.9 Å². The van der Waals surface area contributed by atoms with Gasteiger partial charge in [-0.05, 0) is 45.2 Å². The van der Waals surface area contributed by atoms with Gasteiger partial charge in [0.05, 0.1) is 11.7 Å². The Balaban J connectivity index is 2.29. The van der Waals surface area contributed by atoms with Crippen LogP contribution in [0.2, 0.25) is 0 Å². The summed E-state index contributed by atoms with van der Waals surface area (Å²) in [6, 6.07) is 4.25. The maximum atomic E-state index is 9.35. The first-order valence-corrected chi connectivity index (χ1v) is 6.90. The molecule has 4 heteroatoms. The third kappa shape index (κ3) is 3.05. The molecule has 0 aromatic carbocycles. The van der Waals surface area contributed by atoms with Crippen LogP contribution in [0.3, 0.4) is 0 Å². The van der Waals surface area contributed by atoms with Crippen LogP contribution in [0.15, 0.2) is 6.07 Å². The monoisotopic (exact) mass is 259 g/mol.